The lowest BCUT2D eigenvalue weighted by Crippen LogP contribution is -2.49. The van der Waals surface area contributed by atoms with Gasteiger partial charge in [0, 0.05) is 24.1 Å². The van der Waals surface area contributed by atoms with Crippen molar-refractivity contribution in [3.8, 4) is 17.2 Å². The highest BCUT2D eigenvalue weighted by molar-refractivity contribution is 5.93. The van der Waals surface area contributed by atoms with Crippen molar-refractivity contribution >= 4 is 17.9 Å². The summed E-state index contributed by atoms with van der Waals surface area (Å²) in [6, 6.07) is 3.43. The molecule has 7 nitrogen and oxygen atoms in total. The van der Waals surface area contributed by atoms with E-state index in [1.807, 2.05) is 0 Å². The zero-order valence-electron chi connectivity index (χ0n) is 18.5. The molecule has 0 aromatic heterocycles. The van der Waals surface area contributed by atoms with Crippen LogP contribution in [0.4, 0.5) is 0 Å². The van der Waals surface area contributed by atoms with Crippen LogP contribution in [0, 0.1) is 23.2 Å². The van der Waals surface area contributed by atoms with Gasteiger partial charge >= 0.3 is 0 Å². The maximum Gasteiger partial charge on any atom is 0.262 e. The number of nitrogens with one attached hydrogen (secondary N) is 2. The van der Waals surface area contributed by atoms with Crippen LogP contribution in [-0.4, -0.2) is 33.1 Å². The van der Waals surface area contributed by atoms with Crippen molar-refractivity contribution < 1.29 is 23.8 Å². The molecular weight excluding hydrogens is 396 g/mol. The first-order chi connectivity index (χ1) is 14.9. The van der Waals surface area contributed by atoms with Crippen LogP contribution in [0.15, 0.2) is 18.2 Å². The Morgan fingerprint density at radius 1 is 0.903 bits per heavy atom. The number of ether oxygens (including phenoxy) is 3. The molecule has 0 spiro atoms. The van der Waals surface area contributed by atoms with E-state index in [9.17, 15) is 9.59 Å². The minimum atomic E-state index is -0.407. The summed E-state index contributed by atoms with van der Waals surface area (Å²) >= 11 is 0. The van der Waals surface area contributed by atoms with E-state index in [-0.39, 0.29) is 11.3 Å². The van der Waals surface area contributed by atoms with E-state index in [4.69, 9.17) is 14.2 Å². The summed E-state index contributed by atoms with van der Waals surface area (Å²) in [7, 11) is 4.64. The van der Waals surface area contributed by atoms with Gasteiger partial charge in [-0.2, -0.15) is 0 Å². The minimum Gasteiger partial charge on any atom is -0.496 e. The first-order valence-corrected chi connectivity index (χ1v) is 11.0. The Hall–Kier alpha value is -2.70. The highest BCUT2D eigenvalue weighted by Gasteiger charge is 2.51. The molecule has 0 saturated heterocycles. The van der Waals surface area contributed by atoms with Crippen LogP contribution in [0.1, 0.15) is 50.5 Å². The number of amides is 2. The number of benzene rings is 1. The van der Waals surface area contributed by atoms with Crippen LogP contribution in [0.2, 0.25) is 0 Å². The van der Waals surface area contributed by atoms with Crippen molar-refractivity contribution in [3.63, 3.8) is 0 Å². The number of methoxy groups -OCH3 is 3. The van der Waals surface area contributed by atoms with E-state index in [1.54, 1.807) is 39.5 Å². The van der Waals surface area contributed by atoms with E-state index in [0.29, 0.717) is 29.2 Å². The summed E-state index contributed by atoms with van der Waals surface area (Å²) in [6.07, 6.45) is 11.0. The van der Waals surface area contributed by atoms with Crippen LogP contribution >= 0.6 is 0 Å². The molecule has 4 aliphatic rings. The predicted molar refractivity (Wildman–Crippen MR) is 117 cm³/mol. The average Bonchev–Trinajstić information content (AvgIpc) is 2.74. The molecule has 1 aromatic carbocycles. The standard InChI is InChI=1S/C24H32N2O5/c1-29-19-10-21(31-3)20(30-2)9-18(19)4-5-22(27)25-26-23(28)14-24-11-15-6-16(12-24)8-17(7-15)13-24/h4-5,9-10,15-17H,6-8,11-14H2,1-3H3,(H,25,27)(H,26,28)/b5-4+. The molecule has 4 saturated carbocycles. The number of rotatable bonds is 7. The Kier molecular flexibility index (Phi) is 6.12. The third kappa shape index (κ3) is 4.65. The highest BCUT2D eigenvalue weighted by atomic mass is 16.5. The molecule has 7 heteroatoms. The number of hydrazine groups is 1. The molecule has 0 atom stereocenters. The third-order valence-corrected chi connectivity index (χ3v) is 7.18. The summed E-state index contributed by atoms with van der Waals surface area (Å²) in [5.74, 6) is 3.51. The van der Waals surface area contributed by atoms with Crippen LogP contribution in [0.25, 0.3) is 6.08 Å². The van der Waals surface area contributed by atoms with Gasteiger partial charge in [-0.1, -0.05) is 0 Å². The lowest BCUT2D eigenvalue weighted by atomic mass is 9.49. The second-order valence-corrected chi connectivity index (χ2v) is 9.41. The molecule has 4 aliphatic carbocycles. The molecule has 0 radical (unpaired) electrons. The van der Waals surface area contributed by atoms with E-state index in [1.165, 1.54) is 44.6 Å². The van der Waals surface area contributed by atoms with Crippen molar-refractivity contribution in [2.75, 3.05) is 21.3 Å². The number of hydrogen-bond acceptors (Lipinski definition) is 5. The second-order valence-electron chi connectivity index (χ2n) is 9.41. The van der Waals surface area contributed by atoms with Crippen LogP contribution in [0.5, 0.6) is 17.2 Å². The van der Waals surface area contributed by atoms with E-state index in [0.717, 1.165) is 17.8 Å². The fourth-order valence-electron chi connectivity index (χ4n) is 6.41. The summed E-state index contributed by atoms with van der Waals surface area (Å²) < 4.78 is 15.9. The summed E-state index contributed by atoms with van der Waals surface area (Å²) in [6.45, 7) is 0. The van der Waals surface area contributed by atoms with Gasteiger partial charge in [0.15, 0.2) is 11.5 Å². The minimum absolute atomic E-state index is 0.104. The summed E-state index contributed by atoms with van der Waals surface area (Å²) in [4.78, 5) is 24.8. The van der Waals surface area contributed by atoms with Crippen molar-refractivity contribution in [2.24, 2.45) is 23.2 Å². The summed E-state index contributed by atoms with van der Waals surface area (Å²) in [5, 5.41) is 0. The van der Waals surface area contributed by atoms with Gasteiger partial charge in [-0.25, -0.2) is 0 Å². The first kappa shape index (κ1) is 21.5. The quantitative estimate of drug-likeness (QED) is 0.513. The number of carbonyl (C=O) groups excluding carboxylic acids is 2. The van der Waals surface area contributed by atoms with Crippen molar-refractivity contribution in [1.29, 1.82) is 0 Å². The zero-order valence-corrected chi connectivity index (χ0v) is 18.5. The molecule has 5 rings (SSSR count). The maximum atomic E-state index is 12.6. The predicted octanol–water partition coefficient (Wildman–Crippen LogP) is 3.48. The highest BCUT2D eigenvalue weighted by Crippen LogP contribution is 2.61. The molecule has 0 heterocycles. The van der Waals surface area contributed by atoms with Gasteiger partial charge in [0.1, 0.15) is 5.75 Å². The first-order valence-electron chi connectivity index (χ1n) is 11.0. The van der Waals surface area contributed by atoms with Crippen LogP contribution < -0.4 is 25.1 Å². The number of hydrogen-bond donors (Lipinski definition) is 2. The number of carbonyl (C=O) groups is 2. The van der Waals surface area contributed by atoms with Crippen LogP contribution in [-0.2, 0) is 9.59 Å². The molecule has 1 aromatic rings. The average molecular weight is 429 g/mol. The van der Waals surface area contributed by atoms with E-state index >= 15 is 0 Å². The Bertz CT molecular complexity index is 844. The van der Waals surface area contributed by atoms with Gasteiger partial charge in [0.25, 0.3) is 5.91 Å². The smallest absolute Gasteiger partial charge is 0.262 e. The lowest BCUT2D eigenvalue weighted by molar-refractivity contribution is -0.133. The Balaban J connectivity index is 1.32. The van der Waals surface area contributed by atoms with Gasteiger partial charge in [-0.15, -0.1) is 0 Å². The fraction of sp³-hybridized carbons (Fsp3) is 0.583. The fourth-order valence-corrected chi connectivity index (χ4v) is 6.41. The second kappa shape index (κ2) is 8.81. The zero-order chi connectivity index (χ0) is 22.0. The molecule has 31 heavy (non-hydrogen) atoms. The Labute approximate surface area is 183 Å². The van der Waals surface area contributed by atoms with Gasteiger partial charge in [-0.05, 0) is 73.8 Å². The molecular formula is C24H32N2O5. The Morgan fingerprint density at radius 3 is 2.00 bits per heavy atom. The normalized spacial score (nSPS) is 28.4. The molecule has 0 aliphatic heterocycles. The van der Waals surface area contributed by atoms with Crippen LogP contribution in [0.3, 0.4) is 0 Å². The van der Waals surface area contributed by atoms with Gasteiger partial charge in [-0.3, -0.25) is 20.4 Å². The lowest BCUT2D eigenvalue weighted by Gasteiger charge is -2.56. The van der Waals surface area contributed by atoms with Crippen molar-refractivity contribution in [3.05, 3.63) is 23.8 Å². The topological polar surface area (TPSA) is 85.9 Å². The van der Waals surface area contributed by atoms with Crippen molar-refractivity contribution in [2.45, 2.75) is 44.9 Å². The Morgan fingerprint density at radius 2 is 1.45 bits per heavy atom. The third-order valence-electron chi connectivity index (χ3n) is 7.18. The summed E-state index contributed by atoms with van der Waals surface area (Å²) in [5.41, 5.74) is 5.91. The molecule has 2 N–H and O–H groups in total. The molecule has 4 bridgehead atoms. The monoisotopic (exact) mass is 428 g/mol. The maximum absolute atomic E-state index is 12.6. The van der Waals surface area contributed by atoms with Gasteiger partial charge in [0.2, 0.25) is 5.91 Å². The van der Waals surface area contributed by atoms with Gasteiger partial charge in [0.05, 0.1) is 21.3 Å². The molecule has 2 amide bonds. The SMILES string of the molecule is COc1cc(OC)c(OC)cc1/C=C/C(=O)NNC(=O)CC12CC3CC(CC(C3)C1)C2. The van der Waals surface area contributed by atoms with E-state index < -0.39 is 5.91 Å². The van der Waals surface area contributed by atoms with Crippen molar-refractivity contribution in [1.82, 2.24) is 10.9 Å². The van der Waals surface area contributed by atoms with Gasteiger partial charge < -0.3 is 14.2 Å². The molecule has 4 fully saturated rings. The largest absolute Gasteiger partial charge is 0.496 e. The molecule has 168 valence electrons. The molecule has 0 unspecified atom stereocenters. The van der Waals surface area contributed by atoms with E-state index in [2.05, 4.69) is 10.9 Å².